The van der Waals surface area contributed by atoms with Gasteiger partial charge in [0.25, 0.3) is 0 Å². The molecule has 2 rings (SSSR count). The van der Waals surface area contributed by atoms with Crippen molar-refractivity contribution in [1.82, 2.24) is 0 Å². The van der Waals surface area contributed by atoms with Gasteiger partial charge in [-0.25, -0.2) is 0 Å². The number of hydrogen-bond acceptors (Lipinski definition) is 2. The van der Waals surface area contributed by atoms with E-state index in [2.05, 4.69) is 12.3 Å². The fraction of sp³-hybridized carbons (Fsp3) is 0.600. The van der Waals surface area contributed by atoms with Gasteiger partial charge in [0.1, 0.15) is 0 Å². The first kappa shape index (κ1) is 8.27. The molecule has 0 amide bonds. The zero-order valence-electron chi connectivity index (χ0n) is 7.34. The number of aliphatic hydroxyl groups is 1. The molecule has 0 aromatic carbocycles. The minimum atomic E-state index is 0.221. The van der Waals surface area contributed by atoms with Crippen LogP contribution in [0.15, 0.2) is 5.38 Å². The second-order valence-corrected chi connectivity index (χ2v) is 4.63. The molecule has 0 bridgehead atoms. The first-order valence-corrected chi connectivity index (χ1v) is 5.38. The monoisotopic (exact) mass is 182 g/mol. The van der Waals surface area contributed by atoms with Crippen LogP contribution < -0.4 is 0 Å². The van der Waals surface area contributed by atoms with Gasteiger partial charge in [-0.15, -0.1) is 11.3 Å². The maximum atomic E-state index is 9.08. The summed E-state index contributed by atoms with van der Waals surface area (Å²) in [6.45, 7) is 2.51. The molecule has 0 spiro atoms. The van der Waals surface area contributed by atoms with Crippen molar-refractivity contribution in [2.75, 3.05) is 0 Å². The quantitative estimate of drug-likeness (QED) is 0.707. The van der Waals surface area contributed by atoms with Crippen molar-refractivity contribution in [3.63, 3.8) is 0 Å². The minimum absolute atomic E-state index is 0.221. The number of aliphatic hydroxyl groups excluding tert-OH is 1. The third-order valence-corrected chi connectivity index (χ3v) is 3.79. The Morgan fingerprint density at radius 1 is 1.67 bits per heavy atom. The molecule has 1 N–H and O–H groups in total. The maximum Gasteiger partial charge on any atom is 0.0692 e. The molecule has 0 saturated heterocycles. The summed E-state index contributed by atoms with van der Waals surface area (Å²) in [5.41, 5.74) is 2.61. The Morgan fingerprint density at radius 2 is 2.50 bits per heavy atom. The summed E-state index contributed by atoms with van der Waals surface area (Å²) < 4.78 is 0. The number of thiophene rings is 1. The van der Waals surface area contributed by atoms with Crippen molar-refractivity contribution in [3.8, 4) is 0 Å². The van der Waals surface area contributed by atoms with Crippen molar-refractivity contribution in [3.05, 3.63) is 21.4 Å². The lowest BCUT2D eigenvalue weighted by atomic mass is 9.88. The van der Waals surface area contributed by atoms with E-state index >= 15 is 0 Å². The molecule has 0 fully saturated rings. The van der Waals surface area contributed by atoms with Crippen LogP contribution in [0.4, 0.5) is 0 Å². The molecule has 1 heterocycles. The van der Waals surface area contributed by atoms with Crippen molar-refractivity contribution >= 4 is 11.3 Å². The number of rotatable bonds is 1. The summed E-state index contributed by atoms with van der Waals surface area (Å²) in [4.78, 5) is 1.51. The predicted octanol–water partition coefficient (Wildman–Crippen LogP) is 2.37. The topological polar surface area (TPSA) is 20.2 Å². The van der Waals surface area contributed by atoms with Crippen LogP contribution in [0, 0.1) is 5.92 Å². The summed E-state index contributed by atoms with van der Waals surface area (Å²) in [5, 5.41) is 11.2. The summed E-state index contributed by atoms with van der Waals surface area (Å²) >= 11 is 1.82. The molecular weight excluding hydrogens is 168 g/mol. The molecule has 1 aromatic rings. The van der Waals surface area contributed by atoms with Crippen LogP contribution in [0.5, 0.6) is 0 Å². The summed E-state index contributed by atoms with van der Waals surface area (Å²) in [6.07, 6.45) is 3.72. The van der Waals surface area contributed by atoms with Gasteiger partial charge in [0.2, 0.25) is 0 Å². The maximum absolute atomic E-state index is 9.08. The van der Waals surface area contributed by atoms with Crippen molar-refractivity contribution in [1.29, 1.82) is 0 Å². The Morgan fingerprint density at radius 3 is 3.25 bits per heavy atom. The third-order valence-electron chi connectivity index (χ3n) is 2.65. The van der Waals surface area contributed by atoms with Crippen LogP contribution in [0.1, 0.15) is 29.3 Å². The van der Waals surface area contributed by atoms with E-state index in [9.17, 15) is 0 Å². The van der Waals surface area contributed by atoms with Crippen molar-refractivity contribution in [2.24, 2.45) is 5.92 Å². The molecule has 0 saturated carbocycles. The Kier molecular flexibility index (Phi) is 2.20. The van der Waals surface area contributed by atoms with E-state index in [4.69, 9.17) is 5.11 Å². The Balaban J connectivity index is 2.34. The lowest BCUT2D eigenvalue weighted by molar-refractivity contribution is 0.280. The van der Waals surface area contributed by atoms with Crippen molar-refractivity contribution in [2.45, 2.75) is 32.8 Å². The predicted molar refractivity (Wildman–Crippen MR) is 51.4 cm³/mol. The largest absolute Gasteiger partial charge is 0.392 e. The first-order chi connectivity index (χ1) is 5.81. The molecule has 0 aliphatic heterocycles. The third kappa shape index (κ3) is 1.29. The van der Waals surface area contributed by atoms with Crippen LogP contribution in [0.3, 0.4) is 0 Å². The van der Waals surface area contributed by atoms with Crippen LogP contribution >= 0.6 is 11.3 Å². The van der Waals surface area contributed by atoms with Gasteiger partial charge in [-0.2, -0.15) is 0 Å². The minimum Gasteiger partial charge on any atom is -0.392 e. The van der Waals surface area contributed by atoms with E-state index in [0.717, 1.165) is 5.92 Å². The molecule has 1 nitrogen and oxygen atoms in total. The highest BCUT2D eigenvalue weighted by atomic mass is 32.1. The number of fused-ring (bicyclic) bond motifs is 1. The highest BCUT2D eigenvalue weighted by molar-refractivity contribution is 7.10. The molecule has 1 unspecified atom stereocenters. The van der Waals surface area contributed by atoms with Gasteiger partial charge in [0, 0.05) is 4.88 Å². The van der Waals surface area contributed by atoms with E-state index < -0.39 is 0 Å². The molecule has 1 atom stereocenters. The zero-order chi connectivity index (χ0) is 8.55. The molecule has 1 aliphatic carbocycles. The average molecular weight is 182 g/mol. The molecule has 1 aliphatic rings. The van der Waals surface area contributed by atoms with Crippen molar-refractivity contribution < 1.29 is 5.11 Å². The zero-order valence-corrected chi connectivity index (χ0v) is 8.16. The van der Waals surface area contributed by atoms with E-state index in [1.54, 1.807) is 0 Å². The van der Waals surface area contributed by atoms with Crippen LogP contribution in [-0.4, -0.2) is 5.11 Å². The fourth-order valence-electron chi connectivity index (χ4n) is 1.88. The normalized spacial score (nSPS) is 22.3. The van der Waals surface area contributed by atoms with Gasteiger partial charge in [-0.3, -0.25) is 0 Å². The van der Waals surface area contributed by atoms with Gasteiger partial charge in [-0.1, -0.05) is 6.92 Å². The van der Waals surface area contributed by atoms with E-state index in [-0.39, 0.29) is 6.61 Å². The van der Waals surface area contributed by atoms with Gasteiger partial charge in [0.15, 0.2) is 0 Å². The molecule has 1 aromatic heterocycles. The highest BCUT2D eigenvalue weighted by Crippen LogP contribution is 2.32. The fourth-order valence-corrected chi connectivity index (χ4v) is 2.97. The second kappa shape index (κ2) is 3.19. The molecule has 66 valence electrons. The summed E-state index contributed by atoms with van der Waals surface area (Å²) in [5.74, 6) is 0.803. The standard InChI is InChI=1S/C10H14OS/c1-7-2-3-10-9(4-7)8(5-11)6-12-10/h6-7,11H,2-5H2,1H3. The van der Waals surface area contributed by atoms with Crippen LogP contribution in [-0.2, 0) is 19.4 Å². The van der Waals surface area contributed by atoms with Gasteiger partial charge < -0.3 is 5.11 Å². The SMILES string of the molecule is CC1CCc2scc(CO)c2C1. The van der Waals surface area contributed by atoms with Gasteiger partial charge >= 0.3 is 0 Å². The summed E-state index contributed by atoms with van der Waals surface area (Å²) in [7, 11) is 0. The number of aryl methyl sites for hydroxylation is 1. The summed E-state index contributed by atoms with van der Waals surface area (Å²) in [6, 6.07) is 0. The van der Waals surface area contributed by atoms with Crippen LogP contribution in [0.2, 0.25) is 0 Å². The Hall–Kier alpha value is -0.340. The number of hydrogen-bond donors (Lipinski definition) is 1. The smallest absolute Gasteiger partial charge is 0.0692 e. The van der Waals surface area contributed by atoms with E-state index in [0.29, 0.717) is 0 Å². The van der Waals surface area contributed by atoms with Gasteiger partial charge in [-0.05, 0) is 41.7 Å². The van der Waals surface area contributed by atoms with Gasteiger partial charge in [0.05, 0.1) is 6.61 Å². The second-order valence-electron chi connectivity index (χ2n) is 3.67. The lowest BCUT2D eigenvalue weighted by Crippen LogP contribution is -2.10. The molecule has 12 heavy (non-hydrogen) atoms. The Labute approximate surface area is 77.0 Å². The highest BCUT2D eigenvalue weighted by Gasteiger charge is 2.19. The molecule has 2 heteroatoms. The van der Waals surface area contributed by atoms with Crippen LogP contribution in [0.25, 0.3) is 0 Å². The lowest BCUT2D eigenvalue weighted by Gasteiger charge is -2.18. The Bertz CT molecular complexity index is 264. The molecule has 0 radical (unpaired) electrons. The average Bonchev–Trinajstić information content (AvgIpc) is 2.46. The first-order valence-electron chi connectivity index (χ1n) is 4.50. The molecular formula is C10H14OS. The van der Waals surface area contributed by atoms with E-state index in [1.807, 2.05) is 11.3 Å². The van der Waals surface area contributed by atoms with E-state index in [1.165, 1.54) is 35.3 Å².